The summed E-state index contributed by atoms with van der Waals surface area (Å²) in [7, 11) is 0. The Morgan fingerprint density at radius 1 is 1.22 bits per heavy atom. The highest BCUT2D eigenvalue weighted by molar-refractivity contribution is 5.83. The van der Waals surface area contributed by atoms with E-state index in [0.717, 1.165) is 11.4 Å². The second kappa shape index (κ2) is 4.39. The van der Waals surface area contributed by atoms with Gasteiger partial charge < -0.3 is 5.32 Å². The van der Waals surface area contributed by atoms with Crippen LogP contribution in [-0.2, 0) is 0 Å². The zero-order valence-corrected chi connectivity index (χ0v) is 11.3. The van der Waals surface area contributed by atoms with E-state index in [9.17, 15) is 0 Å². The SMILES string of the molecule is Cc1ccc2[nH]ncc2c1C1CC(C)CC(C)N1. The van der Waals surface area contributed by atoms with Gasteiger partial charge in [0.2, 0.25) is 0 Å². The van der Waals surface area contributed by atoms with E-state index in [1.54, 1.807) is 0 Å². The molecule has 2 N–H and O–H groups in total. The lowest BCUT2D eigenvalue weighted by molar-refractivity contribution is 0.270. The molecule has 0 saturated carbocycles. The minimum absolute atomic E-state index is 0.463. The molecule has 3 nitrogen and oxygen atoms in total. The zero-order valence-electron chi connectivity index (χ0n) is 11.3. The Balaban J connectivity index is 2.07. The van der Waals surface area contributed by atoms with E-state index in [4.69, 9.17) is 0 Å². The molecule has 1 saturated heterocycles. The molecule has 0 bridgehead atoms. The third kappa shape index (κ3) is 1.93. The number of piperidine rings is 1. The number of aromatic nitrogens is 2. The summed E-state index contributed by atoms with van der Waals surface area (Å²) in [6, 6.07) is 5.38. The van der Waals surface area contributed by atoms with Gasteiger partial charge in [0.15, 0.2) is 0 Å². The van der Waals surface area contributed by atoms with Gasteiger partial charge >= 0.3 is 0 Å². The second-order valence-electron chi connectivity index (χ2n) is 5.82. The molecule has 3 heteroatoms. The lowest BCUT2D eigenvalue weighted by Crippen LogP contribution is -2.38. The number of hydrogen-bond acceptors (Lipinski definition) is 2. The van der Waals surface area contributed by atoms with Crippen molar-refractivity contribution >= 4 is 10.9 Å². The van der Waals surface area contributed by atoms with E-state index >= 15 is 0 Å². The van der Waals surface area contributed by atoms with Crippen molar-refractivity contribution in [2.75, 3.05) is 0 Å². The van der Waals surface area contributed by atoms with Crippen LogP contribution in [0.5, 0.6) is 0 Å². The summed E-state index contributed by atoms with van der Waals surface area (Å²) in [5.41, 5.74) is 3.94. The van der Waals surface area contributed by atoms with E-state index in [2.05, 4.69) is 48.4 Å². The predicted octanol–water partition coefficient (Wildman–Crippen LogP) is 3.32. The standard InChI is InChI=1S/C15H21N3/c1-9-6-11(3)17-14(7-9)15-10(2)4-5-13-12(15)8-16-18-13/h4-5,8-9,11,14,17H,6-7H2,1-3H3,(H,16,18). The van der Waals surface area contributed by atoms with Crippen LogP contribution >= 0.6 is 0 Å². The van der Waals surface area contributed by atoms with Gasteiger partial charge in [-0.05, 0) is 49.8 Å². The summed E-state index contributed by atoms with van der Waals surface area (Å²) in [4.78, 5) is 0. The van der Waals surface area contributed by atoms with E-state index in [-0.39, 0.29) is 0 Å². The smallest absolute Gasteiger partial charge is 0.0653 e. The highest BCUT2D eigenvalue weighted by Crippen LogP contribution is 2.34. The maximum atomic E-state index is 4.18. The Labute approximate surface area is 108 Å². The van der Waals surface area contributed by atoms with Gasteiger partial charge in [-0.2, -0.15) is 5.10 Å². The average molecular weight is 243 g/mol. The van der Waals surface area contributed by atoms with Crippen molar-refractivity contribution in [3.63, 3.8) is 0 Å². The van der Waals surface area contributed by atoms with Gasteiger partial charge in [-0.15, -0.1) is 0 Å². The number of fused-ring (bicyclic) bond motifs is 1. The summed E-state index contributed by atoms with van der Waals surface area (Å²) in [6.07, 6.45) is 4.45. The van der Waals surface area contributed by atoms with E-state index in [1.807, 2.05) is 6.20 Å². The van der Waals surface area contributed by atoms with Crippen LogP contribution in [0.4, 0.5) is 0 Å². The molecule has 0 amide bonds. The van der Waals surface area contributed by atoms with Crippen molar-refractivity contribution in [2.24, 2.45) is 5.92 Å². The Kier molecular flexibility index (Phi) is 2.86. The maximum Gasteiger partial charge on any atom is 0.0653 e. The minimum Gasteiger partial charge on any atom is -0.307 e. The monoisotopic (exact) mass is 243 g/mol. The highest BCUT2D eigenvalue weighted by atomic mass is 15.1. The summed E-state index contributed by atoms with van der Waals surface area (Å²) in [5, 5.41) is 12.3. The molecule has 1 aliphatic heterocycles. The first kappa shape index (κ1) is 11.7. The molecule has 1 aliphatic rings. The molecular formula is C15H21N3. The van der Waals surface area contributed by atoms with Crippen LogP contribution in [0.1, 0.15) is 43.9 Å². The number of hydrogen-bond donors (Lipinski definition) is 2. The molecule has 2 heterocycles. The molecule has 0 radical (unpaired) electrons. The lowest BCUT2D eigenvalue weighted by atomic mass is 9.84. The first-order chi connectivity index (χ1) is 8.65. The molecule has 3 rings (SSSR count). The van der Waals surface area contributed by atoms with Gasteiger partial charge in [0.05, 0.1) is 11.7 Å². The number of H-pyrrole nitrogens is 1. The molecule has 2 aromatic rings. The predicted molar refractivity (Wildman–Crippen MR) is 74.6 cm³/mol. The molecule has 3 unspecified atom stereocenters. The van der Waals surface area contributed by atoms with Crippen LogP contribution in [0.3, 0.4) is 0 Å². The van der Waals surface area contributed by atoms with Gasteiger partial charge in [0.1, 0.15) is 0 Å². The zero-order chi connectivity index (χ0) is 12.7. The third-order valence-electron chi connectivity index (χ3n) is 4.11. The van der Waals surface area contributed by atoms with Crippen molar-refractivity contribution < 1.29 is 0 Å². The van der Waals surface area contributed by atoms with Gasteiger partial charge in [-0.25, -0.2) is 0 Å². The quantitative estimate of drug-likeness (QED) is 0.806. The topological polar surface area (TPSA) is 40.7 Å². The van der Waals surface area contributed by atoms with Gasteiger partial charge in [0, 0.05) is 17.5 Å². The van der Waals surface area contributed by atoms with Gasteiger partial charge in [-0.1, -0.05) is 13.0 Å². The van der Waals surface area contributed by atoms with Crippen molar-refractivity contribution in [1.29, 1.82) is 0 Å². The number of benzene rings is 1. The third-order valence-corrected chi connectivity index (χ3v) is 4.11. The molecule has 3 atom stereocenters. The van der Waals surface area contributed by atoms with Crippen molar-refractivity contribution in [2.45, 2.75) is 45.7 Å². The molecule has 96 valence electrons. The van der Waals surface area contributed by atoms with Crippen LogP contribution in [-0.4, -0.2) is 16.2 Å². The normalized spacial score (nSPS) is 28.7. The second-order valence-corrected chi connectivity index (χ2v) is 5.82. The summed E-state index contributed by atoms with van der Waals surface area (Å²) in [6.45, 7) is 6.84. The first-order valence-electron chi connectivity index (χ1n) is 6.83. The van der Waals surface area contributed by atoms with Gasteiger partial charge in [0.25, 0.3) is 0 Å². The summed E-state index contributed by atoms with van der Waals surface area (Å²) < 4.78 is 0. The van der Waals surface area contributed by atoms with E-state index in [1.165, 1.54) is 29.4 Å². The lowest BCUT2D eigenvalue weighted by Gasteiger charge is -2.34. The van der Waals surface area contributed by atoms with Crippen LogP contribution < -0.4 is 5.32 Å². The molecule has 0 aliphatic carbocycles. The first-order valence-corrected chi connectivity index (χ1v) is 6.83. The van der Waals surface area contributed by atoms with Crippen molar-refractivity contribution in [3.8, 4) is 0 Å². The number of nitrogens with one attached hydrogen (secondary N) is 2. The molecule has 0 spiro atoms. The summed E-state index contributed by atoms with van der Waals surface area (Å²) in [5.74, 6) is 0.785. The largest absolute Gasteiger partial charge is 0.307 e. The average Bonchev–Trinajstić information content (AvgIpc) is 2.75. The van der Waals surface area contributed by atoms with Crippen LogP contribution in [0.2, 0.25) is 0 Å². The fourth-order valence-corrected chi connectivity index (χ4v) is 3.39. The fourth-order valence-electron chi connectivity index (χ4n) is 3.39. The van der Waals surface area contributed by atoms with E-state index in [0.29, 0.717) is 12.1 Å². The molecule has 18 heavy (non-hydrogen) atoms. The van der Waals surface area contributed by atoms with Crippen LogP contribution in [0.25, 0.3) is 10.9 Å². The number of aryl methyl sites for hydroxylation is 1. The molecule has 1 aromatic heterocycles. The molecule has 1 fully saturated rings. The Morgan fingerprint density at radius 2 is 2.06 bits per heavy atom. The Bertz CT molecular complexity index is 548. The number of rotatable bonds is 1. The molecule has 1 aromatic carbocycles. The maximum absolute atomic E-state index is 4.18. The Morgan fingerprint density at radius 3 is 2.83 bits per heavy atom. The number of nitrogens with zero attached hydrogens (tertiary/aromatic N) is 1. The molecular weight excluding hydrogens is 222 g/mol. The number of aromatic amines is 1. The van der Waals surface area contributed by atoms with Crippen LogP contribution in [0, 0.1) is 12.8 Å². The highest BCUT2D eigenvalue weighted by Gasteiger charge is 2.26. The summed E-state index contributed by atoms with van der Waals surface area (Å²) >= 11 is 0. The Hall–Kier alpha value is -1.35. The minimum atomic E-state index is 0.463. The van der Waals surface area contributed by atoms with Crippen LogP contribution in [0.15, 0.2) is 18.3 Å². The van der Waals surface area contributed by atoms with Crippen molar-refractivity contribution in [1.82, 2.24) is 15.5 Å². The van der Waals surface area contributed by atoms with Gasteiger partial charge in [-0.3, -0.25) is 5.10 Å². The fraction of sp³-hybridized carbons (Fsp3) is 0.533. The van der Waals surface area contributed by atoms with Crippen molar-refractivity contribution in [3.05, 3.63) is 29.5 Å². The van der Waals surface area contributed by atoms with E-state index < -0.39 is 0 Å².